The average Bonchev–Trinajstić information content (AvgIpc) is 2.74. The molecule has 0 saturated heterocycles. The van der Waals surface area contributed by atoms with Gasteiger partial charge in [0.25, 0.3) is 5.91 Å². The number of carbonyl (C=O) groups is 2. The molecule has 0 aromatic heterocycles. The Labute approximate surface area is 205 Å². The first-order valence-electron chi connectivity index (χ1n) is 10.5. The third-order valence-corrected chi connectivity index (χ3v) is 6.48. The zero-order valence-electron chi connectivity index (χ0n) is 19.0. The van der Waals surface area contributed by atoms with Gasteiger partial charge < -0.3 is 15.0 Å². The summed E-state index contributed by atoms with van der Waals surface area (Å²) in [6.45, 7) is 9.26. The van der Waals surface area contributed by atoms with E-state index in [0.29, 0.717) is 26.4 Å². The van der Waals surface area contributed by atoms with Crippen molar-refractivity contribution in [2.45, 2.75) is 59.7 Å². The Balaban J connectivity index is 2.23. The molecule has 0 saturated carbocycles. The predicted molar refractivity (Wildman–Crippen MR) is 131 cm³/mol. The smallest absolute Gasteiger partial charge is 0.261 e. The van der Waals surface area contributed by atoms with Crippen LogP contribution < -0.4 is 10.1 Å². The van der Waals surface area contributed by atoms with Crippen LogP contribution in [0.15, 0.2) is 30.3 Å². The van der Waals surface area contributed by atoms with Crippen molar-refractivity contribution in [2.24, 2.45) is 0 Å². The first kappa shape index (κ1) is 26.3. The van der Waals surface area contributed by atoms with Gasteiger partial charge in [-0.25, -0.2) is 0 Å². The molecule has 5 nitrogen and oxygen atoms in total. The summed E-state index contributed by atoms with van der Waals surface area (Å²) in [5.74, 6) is -0.0389. The molecule has 0 aliphatic carbocycles. The molecule has 2 aromatic rings. The summed E-state index contributed by atoms with van der Waals surface area (Å²) in [4.78, 5) is 27.4. The van der Waals surface area contributed by atoms with Crippen LogP contribution in [0, 0.1) is 13.8 Å². The molecule has 2 aromatic carbocycles. The minimum atomic E-state index is -0.722. The lowest BCUT2D eigenvalue weighted by atomic mass is 10.1. The standard InChI is InChI=1S/C24H29Cl3N2O3/c1-6-16(4)28-24(31)17(5)29(12-18-7-8-19(25)11-21(18)26)22(30)13-32-20-9-14(2)23(27)15(3)10-20/h7-11,16-17H,6,12-13H2,1-5H3,(H,28,31)/t16-,17+/m1/s1. The normalized spacial score (nSPS) is 12.8. The van der Waals surface area contributed by atoms with E-state index in [-0.39, 0.29) is 31.0 Å². The van der Waals surface area contributed by atoms with E-state index in [1.54, 1.807) is 37.3 Å². The first-order chi connectivity index (χ1) is 15.0. The van der Waals surface area contributed by atoms with Crippen LogP contribution in [0.4, 0.5) is 0 Å². The van der Waals surface area contributed by atoms with Crippen molar-refractivity contribution in [3.8, 4) is 5.75 Å². The summed E-state index contributed by atoms with van der Waals surface area (Å²) in [5.41, 5.74) is 2.41. The highest BCUT2D eigenvalue weighted by Gasteiger charge is 2.27. The second-order valence-corrected chi connectivity index (χ2v) is 9.13. The van der Waals surface area contributed by atoms with Crippen LogP contribution in [0.5, 0.6) is 5.75 Å². The number of benzene rings is 2. The third kappa shape index (κ3) is 7.03. The van der Waals surface area contributed by atoms with Gasteiger partial charge >= 0.3 is 0 Å². The first-order valence-corrected chi connectivity index (χ1v) is 11.6. The molecule has 0 aliphatic heterocycles. The van der Waals surface area contributed by atoms with E-state index >= 15 is 0 Å². The largest absolute Gasteiger partial charge is 0.484 e. The van der Waals surface area contributed by atoms with Gasteiger partial charge in [-0.1, -0.05) is 47.8 Å². The lowest BCUT2D eigenvalue weighted by molar-refractivity contribution is -0.142. The number of hydrogen-bond donors (Lipinski definition) is 1. The van der Waals surface area contributed by atoms with Crippen molar-refractivity contribution in [3.63, 3.8) is 0 Å². The number of carbonyl (C=O) groups excluding carboxylic acids is 2. The number of aryl methyl sites for hydroxylation is 2. The monoisotopic (exact) mass is 498 g/mol. The minimum Gasteiger partial charge on any atom is -0.484 e. The third-order valence-electron chi connectivity index (χ3n) is 5.30. The van der Waals surface area contributed by atoms with Crippen molar-refractivity contribution in [3.05, 3.63) is 62.1 Å². The maximum absolute atomic E-state index is 13.2. The number of hydrogen-bond acceptors (Lipinski definition) is 3. The van der Waals surface area contributed by atoms with Crippen molar-refractivity contribution in [1.29, 1.82) is 0 Å². The molecule has 1 N–H and O–H groups in total. The summed E-state index contributed by atoms with van der Waals surface area (Å²) < 4.78 is 5.75. The van der Waals surface area contributed by atoms with Crippen LogP contribution in [0.1, 0.15) is 43.9 Å². The number of amides is 2. The second kappa shape index (κ2) is 11.8. The summed E-state index contributed by atoms with van der Waals surface area (Å²) in [6.07, 6.45) is 0.786. The number of nitrogens with zero attached hydrogens (tertiary/aromatic N) is 1. The molecule has 0 fully saturated rings. The lowest BCUT2D eigenvalue weighted by Gasteiger charge is -2.30. The number of nitrogens with one attached hydrogen (secondary N) is 1. The Kier molecular flexibility index (Phi) is 9.68. The number of ether oxygens (including phenoxy) is 1. The van der Waals surface area contributed by atoms with E-state index in [1.807, 2.05) is 27.7 Å². The van der Waals surface area contributed by atoms with Crippen molar-refractivity contribution in [1.82, 2.24) is 10.2 Å². The van der Waals surface area contributed by atoms with Crippen LogP contribution in [0.2, 0.25) is 15.1 Å². The fourth-order valence-electron chi connectivity index (χ4n) is 3.10. The summed E-state index contributed by atoms with van der Waals surface area (Å²) in [5, 5.41) is 4.51. The molecule has 2 atom stereocenters. The van der Waals surface area contributed by atoms with Crippen LogP contribution in [0.3, 0.4) is 0 Å². The van der Waals surface area contributed by atoms with Gasteiger partial charge in [-0.2, -0.15) is 0 Å². The van der Waals surface area contributed by atoms with E-state index in [9.17, 15) is 9.59 Å². The Bertz CT molecular complexity index is 958. The lowest BCUT2D eigenvalue weighted by Crippen LogP contribution is -2.50. The molecule has 0 aliphatic rings. The van der Waals surface area contributed by atoms with Crippen LogP contribution in [0.25, 0.3) is 0 Å². The Hall–Kier alpha value is -1.95. The molecular weight excluding hydrogens is 471 g/mol. The molecule has 2 amide bonds. The van der Waals surface area contributed by atoms with Gasteiger partial charge in [0.1, 0.15) is 11.8 Å². The van der Waals surface area contributed by atoms with Gasteiger partial charge in [-0.3, -0.25) is 9.59 Å². The molecular formula is C24H29Cl3N2O3. The van der Waals surface area contributed by atoms with Crippen LogP contribution >= 0.6 is 34.8 Å². The topological polar surface area (TPSA) is 58.6 Å². The Morgan fingerprint density at radius 2 is 1.69 bits per heavy atom. The summed E-state index contributed by atoms with van der Waals surface area (Å²) >= 11 is 18.5. The molecule has 32 heavy (non-hydrogen) atoms. The molecule has 0 bridgehead atoms. The highest BCUT2D eigenvalue weighted by molar-refractivity contribution is 6.35. The van der Waals surface area contributed by atoms with E-state index in [2.05, 4.69) is 5.32 Å². The fourth-order valence-corrected chi connectivity index (χ4v) is 3.68. The van der Waals surface area contributed by atoms with E-state index in [1.165, 1.54) is 4.90 Å². The maximum Gasteiger partial charge on any atom is 0.261 e. The SMILES string of the molecule is CC[C@@H](C)NC(=O)[C@H](C)N(Cc1ccc(Cl)cc1Cl)C(=O)COc1cc(C)c(Cl)c(C)c1. The minimum absolute atomic E-state index is 0.00251. The highest BCUT2D eigenvalue weighted by Crippen LogP contribution is 2.26. The maximum atomic E-state index is 13.2. The quantitative estimate of drug-likeness (QED) is 0.462. The molecule has 0 heterocycles. The number of halogens is 3. The van der Waals surface area contributed by atoms with Gasteiger partial charge in [-0.15, -0.1) is 0 Å². The summed E-state index contributed by atoms with van der Waals surface area (Å²) in [6, 6.07) is 7.89. The molecule has 0 radical (unpaired) electrons. The fraction of sp³-hybridized carbons (Fsp3) is 0.417. The zero-order valence-corrected chi connectivity index (χ0v) is 21.2. The number of rotatable bonds is 9. The average molecular weight is 500 g/mol. The molecule has 8 heteroatoms. The second-order valence-electron chi connectivity index (χ2n) is 7.91. The predicted octanol–water partition coefficient (Wildman–Crippen LogP) is 5.97. The van der Waals surface area contributed by atoms with Gasteiger partial charge in [0.2, 0.25) is 5.91 Å². The van der Waals surface area contributed by atoms with Gasteiger partial charge in [0, 0.05) is 27.7 Å². The Morgan fingerprint density at radius 1 is 1.06 bits per heavy atom. The van der Waals surface area contributed by atoms with E-state index < -0.39 is 6.04 Å². The highest BCUT2D eigenvalue weighted by atomic mass is 35.5. The van der Waals surface area contributed by atoms with Crippen molar-refractivity contribution < 1.29 is 14.3 Å². The van der Waals surface area contributed by atoms with Crippen molar-refractivity contribution in [2.75, 3.05) is 6.61 Å². The van der Waals surface area contributed by atoms with Crippen molar-refractivity contribution >= 4 is 46.6 Å². The zero-order chi connectivity index (χ0) is 24.0. The van der Waals surface area contributed by atoms with Crippen LogP contribution in [-0.4, -0.2) is 35.4 Å². The van der Waals surface area contributed by atoms with Gasteiger partial charge in [-0.05, 0) is 75.1 Å². The summed E-state index contributed by atoms with van der Waals surface area (Å²) in [7, 11) is 0. The molecule has 0 spiro atoms. The van der Waals surface area contributed by atoms with Gasteiger partial charge in [0.05, 0.1) is 0 Å². The Morgan fingerprint density at radius 3 is 2.25 bits per heavy atom. The van der Waals surface area contributed by atoms with E-state index in [4.69, 9.17) is 39.5 Å². The van der Waals surface area contributed by atoms with E-state index in [0.717, 1.165) is 17.5 Å². The molecule has 2 rings (SSSR count). The van der Waals surface area contributed by atoms with Crippen LogP contribution in [-0.2, 0) is 16.1 Å². The van der Waals surface area contributed by atoms with Gasteiger partial charge in [0.15, 0.2) is 6.61 Å². The molecule has 0 unspecified atom stereocenters. The molecule has 174 valence electrons.